The molecule has 2 fully saturated rings. The number of rotatable bonds is 6. The van der Waals surface area contributed by atoms with Crippen molar-refractivity contribution in [1.82, 2.24) is 24.4 Å². The van der Waals surface area contributed by atoms with Crippen molar-refractivity contribution < 1.29 is 17.7 Å². The van der Waals surface area contributed by atoms with Gasteiger partial charge in [-0.3, -0.25) is 4.98 Å². The van der Waals surface area contributed by atoms with E-state index in [-0.39, 0.29) is 11.4 Å². The zero-order chi connectivity index (χ0) is 20.3. The molecule has 0 N–H and O–H groups in total. The van der Waals surface area contributed by atoms with Gasteiger partial charge in [0.15, 0.2) is 0 Å². The smallest absolute Gasteiger partial charge is 0.227 e. The molecular weight excluding hydrogens is 394 g/mol. The molecule has 2 saturated heterocycles. The molecule has 0 bridgehead atoms. The van der Waals surface area contributed by atoms with Crippen LogP contribution < -0.4 is 0 Å². The van der Waals surface area contributed by atoms with E-state index in [1.165, 1.54) is 0 Å². The molecule has 29 heavy (non-hydrogen) atoms. The third-order valence-electron chi connectivity index (χ3n) is 5.81. The van der Waals surface area contributed by atoms with E-state index in [0.717, 1.165) is 25.7 Å². The van der Waals surface area contributed by atoms with Gasteiger partial charge in [0.25, 0.3) is 0 Å². The van der Waals surface area contributed by atoms with Crippen LogP contribution in [0, 0.1) is 5.92 Å². The van der Waals surface area contributed by atoms with E-state index >= 15 is 0 Å². The Hall–Kier alpha value is -1.91. The topological polar surface area (TPSA) is 111 Å². The maximum absolute atomic E-state index is 12.3. The molecule has 1 spiro atoms. The second-order valence-electron chi connectivity index (χ2n) is 7.91. The lowest BCUT2D eigenvalue weighted by Crippen LogP contribution is -2.51. The number of sulfonamides is 1. The van der Waals surface area contributed by atoms with Crippen LogP contribution in [0.4, 0.5) is 0 Å². The van der Waals surface area contributed by atoms with Gasteiger partial charge in [0, 0.05) is 38.5 Å². The van der Waals surface area contributed by atoms with Crippen molar-refractivity contribution >= 4 is 10.0 Å². The van der Waals surface area contributed by atoms with Crippen LogP contribution in [0.3, 0.4) is 0 Å². The lowest BCUT2D eigenvalue weighted by molar-refractivity contribution is -0.121. The van der Waals surface area contributed by atoms with Crippen molar-refractivity contribution in [3.63, 3.8) is 0 Å². The molecule has 0 aliphatic carbocycles. The number of ether oxygens (including phenoxy) is 1. The van der Waals surface area contributed by atoms with Gasteiger partial charge < -0.3 is 9.26 Å². The molecule has 9 nitrogen and oxygen atoms in total. The molecule has 0 saturated carbocycles. The van der Waals surface area contributed by atoms with E-state index in [1.807, 2.05) is 6.92 Å². The second-order valence-corrected chi connectivity index (χ2v) is 10.0. The Bertz CT molecular complexity index is 910. The highest BCUT2D eigenvalue weighted by atomic mass is 32.2. The minimum atomic E-state index is -3.14. The molecule has 158 valence electrons. The molecule has 1 atom stereocenters. The van der Waals surface area contributed by atoms with E-state index in [4.69, 9.17) is 9.26 Å². The highest BCUT2D eigenvalue weighted by Crippen LogP contribution is 2.39. The summed E-state index contributed by atoms with van der Waals surface area (Å²) in [5.74, 6) is 1.63. The number of nitrogens with zero attached hydrogens (tertiary/aromatic N) is 5. The zero-order valence-corrected chi connectivity index (χ0v) is 17.5. The van der Waals surface area contributed by atoms with Crippen LogP contribution in [0.25, 0.3) is 11.5 Å². The van der Waals surface area contributed by atoms with Crippen molar-refractivity contribution in [2.45, 2.75) is 51.0 Å². The molecule has 0 amide bonds. The predicted octanol–water partition coefficient (Wildman–Crippen LogP) is 2.07. The fourth-order valence-electron chi connectivity index (χ4n) is 4.31. The third kappa shape index (κ3) is 4.65. The minimum absolute atomic E-state index is 0.217. The highest BCUT2D eigenvalue weighted by Gasteiger charge is 2.42. The van der Waals surface area contributed by atoms with Crippen molar-refractivity contribution in [2.24, 2.45) is 5.92 Å². The Morgan fingerprint density at radius 1 is 1.28 bits per heavy atom. The van der Waals surface area contributed by atoms with Crippen molar-refractivity contribution in [3.05, 3.63) is 24.5 Å². The Morgan fingerprint density at radius 2 is 2.10 bits per heavy atom. The van der Waals surface area contributed by atoms with Gasteiger partial charge in [0.1, 0.15) is 5.69 Å². The standard InChI is InChI=1S/C19H27N5O4S/c1-2-11-29(25,26)24-8-4-19(5-9-24)13-15(3-10-27-19)12-17-22-18(23-28-17)16-14-20-6-7-21-16/h6-7,14-15H,2-5,8-13H2,1H3. The molecule has 4 rings (SSSR count). The second kappa shape index (κ2) is 8.45. The lowest BCUT2D eigenvalue weighted by atomic mass is 9.79. The Kier molecular flexibility index (Phi) is 5.93. The van der Waals surface area contributed by atoms with E-state index < -0.39 is 10.0 Å². The quantitative estimate of drug-likeness (QED) is 0.697. The van der Waals surface area contributed by atoms with Crippen LogP contribution >= 0.6 is 0 Å². The maximum atomic E-state index is 12.3. The van der Waals surface area contributed by atoms with Gasteiger partial charge in [-0.15, -0.1) is 0 Å². The molecule has 4 heterocycles. The van der Waals surface area contributed by atoms with Gasteiger partial charge in [0.2, 0.25) is 21.7 Å². The molecular formula is C19H27N5O4S. The molecule has 2 aromatic rings. The van der Waals surface area contributed by atoms with E-state index in [9.17, 15) is 8.42 Å². The van der Waals surface area contributed by atoms with E-state index in [1.54, 1.807) is 22.9 Å². The van der Waals surface area contributed by atoms with Crippen LogP contribution in [0.2, 0.25) is 0 Å². The number of hydrogen-bond donors (Lipinski definition) is 0. The Morgan fingerprint density at radius 3 is 2.83 bits per heavy atom. The molecule has 10 heteroatoms. The van der Waals surface area contributed by atoms with Gasteiger partial charge in [0.05, 0.1) is 17.6 Å². The maximum Gasteiger partial charge on any atom is 0.227 e. The first-order valence-corrected chi connectivity index (χ1v) is 11.8. The summed E-state index contributed by atoms with van der Waals surface area (Å²) in [5, 5.41) is 4.02. The van der Waals surface area contributed by atoms with Crippen LogP contribution in [0.1, 0.15) is 44.9 Å². The number of piperidine rings is 1. The fourth-order valence-corrected chi connectivity index (χ4v) is 5.83. The monoisotopic (exact) mass is 421 g/mol. The molecule has 2 aliphatic heterocycles. The van der Waals surface area contributed by atoms with E-state index in [2.05, 4.69) is 20.1 Å². The summed E-state index contributed by atoms with van der Waals surface area (Å²) in [6, 6.07) is 0. The average Bonchev–Trinajstić information content (AvgIpc) is 3.18. The van der Waals surface area contributed by atoms with Gasteiger partial charge in [-0.2, -0.15) is 4.98 Å². The van der Waals surface area contributed by atoms with Gasteiger partial charge >= 0.3 is 0 Å². The number of hydrogen-bond acceptors (Lipinski definition) is 8. The molecule has 0 aromatic carbocycles. The first kappa shape index (κ1) is 20.4. The predicted molar refractivity (Wildman–Crippen MR) is 105 cm³/mol. The SMILES string of the molecule is CCCS(=O)(=O)N1CCC2(CC1)CC(Cc1nc(-c3cnccn3)no1)CCO2. The summed E-state index contributed by atoms with van der Waals surface area (Å²) in [7, 11) is -3.14. The Balaban J connectivity index is 1.37. The molecule has 0 radical (unpaired) electrons. The fraction of sp³-hybridized carbons (Fsp3) is 0.684. The Labute approximate surface area is 170 Å². The highest BCUT2D eigenvalue weighted by molar-refractivity contribution is 7.89. The molecule has 2 aliphatic rings. The van der Waals surface area contributed by atoms with Crippen LogP contribution in [-0.2, 0) is 21.2 Å². The van der Waals surface area contributed by atoms with Crippen LogP contribution in [0.5, 0.6) is 0 Å². The zero-order valence-electron chi connectivity index (χ0n) is 16.7. The average molecular weight is 422 g/mol. The summed E-state index contributed by atoms with van der Waals surface area (Å²) in [6.45, 7) is 3.64. The lowest BCUT2D eigenvalue weighted by Gasteiger charge is -2.45. The minimum Gasteiger partial charge on any atom is -0.375 e. The first-order chi connectivity index (χ1) is 14.0. The summed E-state index contributed by atoms with van der Waals surface area (Å²) < 4.78 is 37.9. The summed E-state index contributed by atoms with van der Waals surface area (Å²) in [5.41, 5.74) is 0.348. The molecule has 1 unspecified atom stereocenters. The van der Waals surface area contributed by atoms with Crippen molar-refractivity contribution in [3.8, 4) is 11.5 Å². The number of aromatic nitrogens is 4. The largest absolute Gasteiger partial charge is 0.375 e. The van der Waals surface area contributed by atoms with Gasteiger partial charge in [-0.25, -0.2) is 17.7 Å². The summed E-state index contributed by atoms with van der Waals surface area (Å²) in [6.07, 6.45) is 9.44. The van der Waals surface area contributed by atoms with Crippen LogP contribution in [0.15, 0.2) is 23.1 Å². The normalized spacial score (nSPS) is 22.7. The van der Waals surface area contributed by atoms with Crippen molar-refractivity contribution in [1.29, 1.82) is 0 Å². The summed E-state index contributed by atoms with van der Waals surface area (Å²) >= 11 is 0. The van der Waals surface area contributed by atoms with Gasteiger partial charge in [-0.1, -0.05) is 12.1 Å². The van der Waals surface area contributed by atoms with Gasteiger partial charge in [-0.05, 0) is 38.0 Å². The first-order valence-electron chi connectivity index (χ1n) is 10.2. The van der Waals surface area contributed by atoms with Crippen molar-refractivity contribution in [2.75, 3.05) is 25.4 Å². The third-order valence-corrected chi connectivity index (χ3v) is 7.88. The van der Waals surface area contributed by atoms with Crippen LogP contribution in [-0.4, -0.2) is 63.9 Å². The molecule has 2 aromatic heterocycles. The summed E-state index contributed by atoms with van der Waals surface area (Å²) in [4.78, 5) is 12.7. The van der Waals surface area contributed by atoms with E-state index in [0.29, 0.717) is 55.9 Å².